The highest BCUT2D eigenvalue weighted by Crippen LogP contribution is 2.24. The van der Waals surface area contributed by atoms with Crippen LogP contribution in [0.4, 0.5) is 4.39 Å². The number of carbonyl (C=O) groups excluding carboxylic acids is 1. The second-order valence-corrected chi connectivity index (χ2v) is 9.13. The number of halogens is 1. The molecule has 9 nitrogen and oxygen atoms in total. The standard InChI is InChI=1S/C23H24FN7O2S/c1-14(17-10-12-18(24)13-11-17)25-21(32)16(3)34-23-26-27-28-30(23)20-15(2)29(4)31(22(20)33)19-8-6-5-7-9-19/h5-14,16H,1-4H3,(H,25,32). The Morgan fingerprint density at radius 2 is 1.76 bits per heavy atom. The van der Waals surface area contributed by atoms with E-state index in [0.29, 0.717) is 22.2 Å². The van der Waals surface area contributed by atoms with Crippen LogP contribution in [0.3, 0.4) is 0 Å². The van der Waals surface area contributed by atoms with Gasteiger partial charge in [-0.3, -0.25) is 14.3 Å². The van der Waals surface area contributed by atoms with E-state index >= 15 is 0 Å². The van der Waals surface area contributed by atoms with Crippen LogP contribution in [0.1, 0.15) is 31.1 Å². The fourth-order valence-electron chi connectivity index (χ4n) is 3.57. The number of hydrogen-bond acceptors (Lipinski definition) is 6. The molecule has 2 aromatic carbocycles. The molecule has 0 bridgehead atoms. The minimum absolute atomic E-state index is 0.233. The molecule has 2 atom stereocenters. The van der Waals surface area contributed by atoms with E-state index in [-0.39, 0.29) is 23.3 Å². The number of aromatic nitrogens is 6. The SMILES string of the molecule is Cc1c(-n2nnnc2SC(C)C(=O)NC(C)c2ccc(F)cc2)c(=O)n(-c2ccccc2)n1C. The fraction of sp³-hybridized carbons (Fsp3) is 0.261. The largest absolute Gasteiger partial charge is 0.349 e. The molecule has 0 aliphatic rings. The number of tetrazole rings is 1. The molecule has 0 saturated carbocycles. The van der Waals surface area contributed by atoms with Gasteiger partial charge >= 0.3 is 0 Å². The number of nitrogens with zero attached hydrogens (tertiary/aromatic N) is 6. The lowest BCUT2D eigenvalue weighted by molar-refractivity contribution is -0.120. The molecule has 4 rings (SSSR count). The quantitative estimate of drug-likeness (QED) is 0.408. The topological polar surface area (TPSA) is 99.6 Å². The fourth-order valence-corrected chi connectivity index (χ4v) is 4.37. The molecule has 2 heterocycles. The number of carbonyl (C=O) groups is 1. The third-order valence-corrected chi connectivity index (χ3v) is 6.59. The summed E-state index contributed by atoms with van der Waals surface area (Å²) in [4.78, 5) is 26.1. The van der Waals surface area contributed by atoms with Crippen LogP contribution in [-0.2, 0) is 11.8 Å². The van der Waals surface area contributed by atoms with Crippen LogP contribution in [-0.4, -0.2) is 40.7 Å². The van der Waals surface area contributed by atoms with E-state index in [4.69, 9.17) is 0 Å². The highest BCUT2D eigenvalue weighted by molar-refractivity contribution is 8.00. The van der Waals surface area contributed by atoms with Crippen LogP contribution in [0.25, 0.3) is 11.4 Å². The Hall–Kier alpha value is -3.73. The molecule has 4 aromatic rings. The van der Waals surface area contributed by atoms with Gasteiger partial charge in [0.2, 0.25) is 11.1 Å². The molecule has 1 N–H and O–H groups in total. The molecular weight excluding hydrogens is 457 g/mol. The first-order valence-electron chi connectivity index (χ1n) is 10.6. The molecular formula is C23H24FN7O2S. The van der Waals surface area contributed by atoms with Crippen LogP contribution in [0.15, 0.2) is 64.5 Å². The summed E-state index contributed by atoms with van der Waals surface area (Å²) in [6.45, 7) is 5.37. The molecule has 176 valence electrons. The molecule has 0 fully saturated rings. The summed E-state index contributed by atoms with van der Waals surface area (Å²) in [6.07, 6.45) is 0. The first-order valence-corrected chi connectivity index (χ1v) is 11.5. The second-order valence-electron chi connectivity index (χ2n) is 7.83. The number of benzene rings is 2. The number of hydrogen-bond donors (Lipinski definition) is 1. The lowest BCUT2D eigenvalue weighted by Crippen LogP contribution is -2.33. The van der Waals surface area contributed by atoms with Crippen LogP contribution < -0.4 is 10.9 Å². The predicted molar refractivity (Wildman–Crippen MR) is 127 cm³/mol. The first kappa shape index (κ1) is 23.4. The van der Waals surface area contributed by atoms with Crippen LogP contribution in [0, 0.1) is 12.7 Å². The maximum absolute atomic E-state index is 13.3. The van der Waals surface area contributed by atoms with Crippen molar-refractivity contribution in [3.8, 4) is 11.4 Å². The molecule has 0 aliphatic heterocycles. The number of thioether (sulfide) groups is 1. The van der Waals surface area contributed by atoms with E-state index < -0.39 is 5.25 Å². The van der Waals surface area contributed by atoms with Gasteiger partial charge in [-0.2, -0.15) is 4.68 Å². The maximum Gasteiger partial charge on any atom is 0.297 e. The van der Waals surface area contributed by atoms with Gasteiger partial charge in [-0.15, -0.1) is 5.10 Å². The molecule has 34 heavy (non-hydrogen) atoms. The highest BCUT2D eigenvalue weighted by atomic mass is 32.2. The Bertz CT molecular complexity index is 1360. The molecule has 11 heteroatoms. The van der Waals surface area contributed by atoms with E-state index in [9.17, 15) is 14.0 Å². The van der Waals surface area contributed by atoms with Crippen molar-refractivity contribution in [2.24, 2.45) is 7.05 Å². The molecule has 0 saturated heterocycles. The molecule has 1 amide bonds. The summed E-state index contributed by atoms with van der Waals surface area (Å²) in [5.41, 5.74) is 2.21. The zero-order chi connectivity index (χ0) is 24.4. The van der Waals surface area contributed by atoms with Crippen molar-refractivity contribution < 1.29 is 9.18 Å². The lowest BCUT2D eigenvalue weighted by Gasteiger charge is -2.17. The first-order chi connectivity index (χ1) is 16.3. The Morgan fingerprint density at radius 3 is 2.44 bits per heavy atom. The Kier molecular flexibility index (Phi) is 6.64. The monoisotopic (exact) mass is 481 g/mol. The number of amides is 1. The molecule has 0 spiro atoms. The summed E-state index contributed by atoms with van der Waals surface area (Å²) in [7, 11) is 1.79. The van der Waals surface area contributed by atoms with Gasteiger partial charge in [0, 0.05) is 7.05 Å². The van der Waals surface area contributed by atoms with Gasteiger partial charge in [0.1, 0.15) is 5.82 Å². The van der Waals surface area contributed by atoms with Gasteiger partial charge in [0.15, 0.2) is 5.69 Å². The molecule has 2 aromatic heterocycles. The van der Waals surface area contributed by atoms with Gasteiger partial charge in [-0.05, 0) is 61.0 Å². The van der Waals surface area contributed by atoms with Gasteiger partial charge in [-0.25, -0.2) is 9.07 Å². The lowest BCUT2D eigenvalue weighted by atomic mass is 10.1. The normalized spacial score (nSPS) is 13.0. The van der Waals surface area contributed by atoms with E-state index in [1.54, 1.807) is 35.5 Å². The summed E-state index contributed by atoms with van der Waals surface area (Å²) in [5, 5.41) is 14.5. The summed E-state index contributed by atoms with van der Waals surface area (Å²) in [6, 6.07) is 15.0. The van der Waals surface area contributed by atoms with Crippen molar-refractivity contribution >= 4 is 17.7 Å². The van der Waals surface area contributed by atoms with E-state index in [1.165, 1.54) is 16.8 Å². The maximum atomic E-state index is 13.3. The summed E-state index contributed by atoms with van der Waals surface area (Å²) in [5.74, 6) is -0.566. The van der Waals surface area contributed by atoms with Crippen molar-refractivity contribution in [1.82, 2.24) is 34.9 Å². The van der Waals surface area contributed by atoms with Gasteiger partial charge in [0.05, 0.1) is 22.7 Å². The Morgan fingerprint density at radius 1 is 1.09 bits per heavy atom. The van der Waals surface area contributed by atoms with Crippen molar-refractivity contribution in [1.29, 1.82) is 0 Å². The zero-order valence-corrected chi connectivity index (χ0v) is 20.0. The minimum Gasteiger partial charge on any atom is -0.349 e. The van der Waals surface area contributed by atoms with Gasteiger partial charge < -0.3 is 5.32 Å². The smallest absolute Gasteiger partial charge is 0.297 e. The number of nitrogens with one attached hydrogen (secondary N) is 1. The average molecular weight is 482 g/mol. The number of rotatable bonds is 7. The van der Waals surface area contributed by atoms with Gasteiger partial charge in [0.25, 0.3) is 5.56 Å². The van der Waals surface area contributed by atoms with Crippen LogP contribution in [0.2, 0.25) is 0 Å². The number of para-hydroxylation sites is 1. The Labute approximate surface area is 199 Å². The second kappa shape index (κ2) is 9.64. The predicted octanol–water partition coefficient (Wildman–Crippen LogP) is 2.96. The van der Waals surface area contributed by atoms with Crippen molar-refractivity contribution in [3.05, 3.63) is 82.0 Å². The third kappa shape index (κ3) is 4.51. The minimum atomic E-state index is -0.548. The Balaban J connectivity index is 1.56. The van der Waals surface area contributed by atoms with E-state index in [0.717, 1.165) is 17.3 Å². The van der Waals surface area contributed by atoms with Crippen molar-refractivity contribution in [2.75, 3.05) is 0 Å². The molecule has 0 radical (unpaired) electrons. The van der Waals surface area contributed by atoms with Crippen LogP contribution >= 0.6 is 11.8 Å². The average Bonchev–Trinajstić information content (AvgIpc) is 3.35. The summed E-state index contributed by atoms with van der Waals surface area (Å²) >= 11 is 1.15. The van der Waals surface area contributed by atoms with E-state index in [2.05, 4.69) is 20.8 Å². The van der Waals surface area contributed by atoms with Crippen LogP contribution in [0.5, 0.6) is 0 Å². The van der Waals surface area contributed by atoms with Gasteiger partial charge in [-0.1, -0.05) is 42.1 Å². The van der Waals surface area contributed by atoms with Crippen molar-refractivity contribution in [3.63, 3.8) is 0 Å². The molecule has 2 unspecified atom stereocenters. The van der Waals surface area contributed by atoms with Crippen molar-refractivity contribution in [2.45, 2.75) is 37.2 Å². The molecule has 0 aliphatic carbocycles. The van der Waals surface area contributed by atoms with E-state index in [1.807, 2.05) is 44.2 Å². The third-order valence-electron chi connectivity index (χ3n) is 5.56. The summed E-state index contributed by atoms with van der Waals surface area (Å²) < 4.78 is 17.8. The zero-order valence-electron chi connectivity index (χ0n) is 19.1. The highest BCUT2D eigenvalue weighted by Gasteiger charge is 2.25.